The van der Waals surface area contributed by atoms with Crippen LogP contribution in [0, 0.1) is 0 Å². The van der Waals surface area contributed by atoms with E-state index in [1.807, 2.05) is 0 Å². The Labute approximate surface area is 136 Å². The molecule has 9 heteroatoms. The predicted octanol–water partition coefficient (Wildman–Crippen LogP) is -0.314. The molecule has 1 nitrogen and oxygen atoms in total. The smallest absolute Gasteiger partial charge is 0.484 e. The predicted molar refractivity (Wildman–Crippen MR) is 46.7 cm³/mol. The fourth-order valence-corrected chi connectivity index (χ4v) is 0.947. The van der Waals surface area contributed by atoms with Gasteiger partial charge in [-0.05, 0) is 12.1 Å². The van der Waals surface area contributed by atoms with Gasteiger partial charge in [-0.1, -0.05) is 12.1 Å². The molecule has 0 unspecified atom stereocenters. The number of alkyl halides is 3. The van der Waals surface area contributed by atoms with Crippen LogP contribution >= 0.6 is 0 Å². The van der Waals surface area contributed by atoms with Gasteiger partial charge in [0.2, 0.25) is 0 Å². The number of rotatable bonds is 3. The first-order valence-corrected chi connectivity index (χ1v) is 4.18. The molecule has 1 aromatic carbocycles. The Hall–Kier alpha value is 0.301. The van der Waals surface area contributed by atoms with E-state index in [1.54, 1.807) is 0 Å². The number of halogens is 6. The van der Waals surface area contributed by atoms with E-state index in [2.05, 4.69) is 4.74 Å². The summed E-state index contributed by atoms with van der Waals surface area (Å²) in [4.78, 5) is 0. The monoisotopic (exact) mass is 282 g/mol. The maximum Gasteiger partial charge on any atom is 1.00 e. The molecule has 0 aliphatic heterocycles. The summed E-state index contributed by atoms with van der Waals surface area (Å²) >= 11 is 0. The molecule has 0 N–H and O–H groups in total. The molecule has 1 aromatic rings. The van der Waals surface area contributed by atoms with Gasteiger partial charge in [-0.2, -0.15) is 13.2 Å². The standard InChI is InChI=1S/C8H6BF6O.K/c10-8(11,12)5-16-7-3-1-6(2-4-7)9(13,14)15;/h1-4H,5H2;/q-1;+1. The van der Waals surface area contributed by atoms with Crippen LogP contribution in [0.25, 0.3) is 0 Å². The largest absolute Gasteiger partial charge is 1.00 e. The molecular weight excluding hydrogens is 276 g/mol. The van der Waals surface area contributed by atoms with Gasteiger partial charge in [0.25, 0.3) is 0 Å². The van der Waals surface area contributed by atoms with Gasteiger partial charge in [-0.15, -0.1) is 5.46 Å². The summed E-state index contributed by atoms with van der Waals surface area (Å²) in [5.74, 6) is -0.249. The van der Waals surface area contributed by atoms with Crippen LogP contribution in [-0.4, -0.2) is 19.8 Å². The molecule has 0 spiro atoms. The van der Waals surface area contributed by atoms with Gasteiger partial charge in [-0.25, -0.2) is 0 Å². The minimum Gasteiger partial charge on any atom is -0.484 e. The summed E-state index contributed by atoms with van der Waals surface area (Å²) in [7, 11) is 0. The van der Waals surface area contributed by atoms with E-state index in [0.29, 0.717) is 12.1 Å². The van der Waals surface area contributed by atoms with E-state index >= 15 is 0 Å². The van der Waals surface area contributed by atoms with Gasteiger partial charge >= 0.3 is 64.5 Å². The van der Waals surface area contributed by atoms with Crippen LogP contribution in [0.1, 0.15) is 0 Å². The maximum absolute atomic E-state index is 12.1. The topological polar surface area (TPSA) is 9.23 Å². The Morgan fingerprint density at radius 2 is 1.47 bits per heavy atom. The van der Waals surface area contributed by atoms with Crippen molar-refractivity contribution in [3.8, 4) is 5.75 Å². The van der Waals surface area contributed by atoms with Crippen molar-refractivity contribution >= 4 is 12.4 Å². The number of ether oxygens (including phenoxy) is 1. The van der Waals surface area contributed by atoms with E-state index in [9.17, 15) is 26.1 Å². The normalized spacial score (nSPS) is 11.9. The van der Waals surface area contributed by atoms with E-state index in [1.165, 1.54) is 0 Å². The van der Waals surface area contributed by atoms with E-state index in [0.717, 1.165) is 12.1 Å². The quantitative estimate of drug-likeness (QED) is 0.546. The summed E-state index contributed by atoms with van der Waals surface area (Å²) in [6.45, 7) is -6.66. The molecule has 0 saturated heterocycles. The average molecular weight is 282 g/mol. The van der Waals surface area contributed by atoms with Gasteiger partial charge in [0, 0.05) is 0 Å². The molecule has 0 aliphatic carbocycles. The van der Waals surface area contributed by atoms with Crippen molar-refractivity contribution in [3.05, 3.63) is 24.3 Å². The molecule has 0 aromatic heterocycles. The summed E-state index contributed by atoms with van der Waals surface area (Å²) in [6, 6.07) is 3.09. The zero-order chi connectivity index (χ0) is 12.4. The first kappa shape index (κ1) is 17.3. The summed E-state index contributed by atoms with van der Waals surface area (Å²) < 4.78 is 75.8. The first-order chi connectivity index (χ1) is 7.18. The van der Waals surface area contributed by atoms with Crippen molar-refractivity contribution < 1.29 is 82.2 Å². The van der Waals surface area contributed by atoms with Crippen molar-refractivity contribution in [2.24, 2.45) is 0 Å². The molecule has 17 heavy (non-hydrogen) atoms. The van der Waals surface area contributed by atoms with Gasteiger partial charge in [-0.3, -0.25) is 0 Å². The second-order valence-corrected chi connectivity index (χ2v) is 3.05. The van der Waals surface area contributed by atoms with Crippen molar-refractivity contribution in [1.29, 1.82) is 0 Å². The minimum absolute atomic E-state index is 0. The van der Waals surface area contributed by atoms with Gasteiger partial charge in [0.15, 0.2) is 6.61 Å². The average Bonchev–Trinajstić information content (AvgIpc) is 2.13. The zero-order valence-corrected chi connectivity index (χ0v) is 11.9. The molecule has 0 heterocycles. The second-order valence-electron chi connectivity index (χ2n) is 3.05. The molecule has 0 bridgehead atoms. The molecule has 0 aliphatic rings. The first-order valence-electron chi connectivity index (χ1n) is 4.18. The Morgan fingerprint density at radius 3 is 1.82 bits per heavy atom. The summed E-state index contributed by atoms with van der Waals surface area (Å²) in [5.41, 5.74) is -0.876. The van der Waals surface area contributed by atoms with E-state index < -0.39 is 25.2 Å². The molecule has 1 rings (SSSR count). The molecule has 90 valence electrons. The SMILES string of the molecule is F[B-](F)(F)c1ccc(OCC(F)(F)F)cc1.[K+]. The Morgan fingerprint density at radius 1 is 1.00 bits per heavy atom. The van der Waals surface area contributed by atoms with Gasteiger partial charge < -0.3 is 17.7 Å². The summed E-state index contributed by atoms with van der Waals surface area (Å²) in [5, 5.41) is 0. The Kier molecular flexibility index (Phi) is 6.58. The van der Waals surface area contributed by atoms with Gasteiger partial charge in [0.1, 0.15) is 5.75 Å². The molecule has 0 saturated carbocycles. The molecule has 0 fully saturated rings. The van der Waals surface area contributed by atoms with Crippen LogP contribution < -0.4 is 61.6 Å². The van der Waals surface area contributed by atoms with Crippen molar-refractivity contribution in [3.63, 3.8) is 0 Å². The van der Waals surface area contributed by atoms with Crippen molar-refractivity contribution in [2.75, 3.05) is 6.61 Å². The van der Waals surface area contributed by atoms with Crippen molar-refractivity contribution in [1.82, 2.24) is 0 Å². The fourth-order valence-electron chi connectivity index (χ4n) is 0.947. The van der Waals surface area contributed by atoms with E-state index in [4.69, 9.17) is 0 Å². The minimum atomic E-state index is -5.13. The third kappa shape index (κ3) is 6.70. The van der Waals surface area contributed by atoms with Crippen LogP contribution in [0.4, 0.5) is 26.1 Å². The molecule has 0 amide bonds. The Bertz CT molecular complexity index is 347. The third-order valence-electron chi connectivity index (χ3n) is 1.66. The maximum atomic E-state index is 12.1. The number of hydrogen-bond donors (Lipinski definition) is 0. The van der Waals surface area contributed by atoms with E-state index in [-0.39, 0.29) is 57.1 Å². The van der Waals surface area contributed by atoms with Crippen LogP contribution in [0.15, 0.2) is 24.3 Å². The number of hydrogen-bond acceptors (Lipinski definition) is 1. The molecule has 0 radical (unpaired) electrons. The zero-order valence-electron chi connectivity index (χ0n) is 8.77. The van der Waals surface area contributed by atoms with Crippen LogP contribution in [-0.2, 0) is 0 Å². The molecule has 0 atom stereocenters. The number of benzene rings is 1. The second kappa shape index (κ2) is 6.46. The van der Waals surface area contributed by atoms with Crippen LogP contribution in [0.5, 0.6) is 5.75 Å². The molecular formula is C8H6BF6KO. The van der Waals surface area contributed by atoms with Crippen LogP contribution in [0.3, 0.4) is 0 Å². The van der Waals surface area contributed by atoms with Gasteiger partial charge in [0.05, 0.1) is 0 Å². The third-order valence-corrected chi connectivity index (χ3v) is 1.66. The van der Waals surface area contributed by atoms with Crippen molar-refractivity contribution in [2.45, 2.75) is 6.18 Å². The van der Waals surface area contributed by atoms with Crippen LogP contribution in [0.2, 0.25) is 0 Å². The Balaban J connectivity index is 0.00000256. The fraction of sp³-hybridized carbons (Fsp3) is 0.250. The summed E-state index contributed by atoms with van der Waals surface area (Å²) in [6.07, 6.45) is -4.51.